The van der Waals surface area contributed by atoms with Crippen molar-refractivity contribution in [3.63, 3.8) is 0 Å². The molecule has 1 aliphatic heterocycles. The molecule has 4 N–H and O–H groups in total. The molecule has 1 aromatic rings. The van der Waals surface area contributed by atoms with Gasteiger partial charge in [-0.05, 0) is 36.6 Å². The Labute approximate surface area is 82.6 Å². The van der Waals surface area contributed by atoms with Crippen LogP contribution in [0.1, 0.15) is 12.0 Å². The van der Waals surface area contributed by atoms with Crippen LogP contribution in [0.2, 0.25) is 0 Å². The van der Waals surface area contributed by atoms with Crippen molar-refractivity contribution < 1.29 is 4.74 Å². The first kappa shape index (κ1) is 8.87. The summed E-state index contributed by atoms with van der Waals surface area (Å²) in [5.41, 5.74) is 12.6. The van der Waals surface area contributed by atoms with Gasteiger partial charge in [0.05, 0.1) is 12.3 Å². The lowest BCUT2D eigenvalue weighted by Gasteiger charge is -2.16. The summed E-state index contributed by atoms with van der Waals surface area (Å²) in [6, 6.07) is 5.73. The Bertz CT molecular complexity index is 370. The van der Waals surface area contributed by atoms with Gasteiger partial charge in [-0.25, -0.2) is 4.99 Å². The molecule has 0 spiro atoms. The summed E-state index contributed by atoms with van der Waals surface area (Å²) in [5, 5.41) is 0. The predicted octanol–water partition coefficient (Wildman–Crippen LogP) is 0.916. The zero-order chi connectivity index (χ0) is 9.97. The largest absolute Gasteiger partial charge is 0.493 e. The molecular formula is C10H13N3O. The van der Waals surface area contributed by atoms with E-state index in [9.17, 15) is 0 Å². The average Bonchev–Trinajstić information content (AvgIpc) is 2.17. The fourth-order valence-corrected chi connectivity index (χ4v) is 1.57. The van der Waals surface area contributed by atoms with Gasteiger partial charge in [0, 0.05) is 0 Å². The first-order valence-corrected chi connectivity index (χ1v) is 4.61. The van der Waals surface area contributed by atoms with Crippen molar-refractivity contribution in [2.24, 2.45) is 16.5 Å². The van der Waals surface area contributed by atoms with E-state index in [1.54, 1.807) is 0 Å². The molecule has 74 valence electrons. The van der Waals surface area contributed by atoms with E-state index in [0.717, 1.165) is 30.9 Å². The van der Waals surface area contributed by atoms with E-state index in [1.165, 1.54) is 5.56 Å². The highest BCUT2D eigenvalue weighted by atomic mass is 16.5. The number of aliphatic imine (C=N–C) groups is 1. The molecule has 0 amide bonds. The summed E-state index contributed by atoms with van der Waals surface area (Å²) in [5.74, 6) is 1.03. The van der Waals surface area contributed by atoms with Gasteiger partial charge in [-0.1, -0.05) is 0 Å². The Morgan fingerprint density at radius 3 is 3.00 bits per heavy atom. The Morgan fingerprint density at radius 2 is 2.21 bits per heavy atom. The fraction of sp³-hybridized carbons (Fsp3) is 0.300. The lowest BCUT2D eigenvalue weighted by Crippen LogP contribution is -2.21. The summed E-state index contributed by atoms with van der Waals surface area (Å²) in [7, 11) is 0. The minimum absolute atomic E-state index is 0.0849. The molecule has 0 saturated heterocycles. The minimum Gasteiger partial charge on any atom is -0.493 e. The maximum Gasteiger partial charge on any atom is 0.191 e. The van der Waals surface area contributed by atoms with Crippen molar-refractivity contribution in [1.29, 1.82) is 0 Å². The number of ether oxygens (including phenoxy) is 1. The van der Waals surface area contributed by atoms with Gasteiger partial charge in [-0.3, -0.25) is 0 Å². The molecule has 0 atom stereocenters. The molecule has 0 radical (unpaired) electrons. The van der Waals surface area contributed by atoms with E-state index in [0.29, 0.717) is 0 Å². The molecule has 0 aromatic heterocycles. The summed E-state index contributed by atoms with van der Waals surface area (Å²) in [6.07, 6.45) is 2.08. The van der Waals surface area contributed by atoms with Crippen molar-refractivity contribution in [2.45, 2.75) is 12.8 Å². The number of fused-ring (bicyclic) bond motifs is 1. The highest BCUT2D eigenvalue weighted by Crippen LogP contribution is 2.28. The fourth-order valence-electron chi connectivity index (χ4n) is 1.57. The molecule has 1 heterocycles. The smallest absolute Gasteiger partial charge is 0.191 e. The third kappa shape index (κ3) is 1.79. The van der Waals surface area contributed by atoms with Gasteiger partial charge in [0.1, 0.15) is 5.75 Å². The monoisotopic (exact) mass is 191 g/mol. The highest BCUT2D eigenvalue weighted by Gasteiger charge is 2.09. The number of guanidine groups is 1. The van der Waals surface area contributed by atoms with E-state index in [2.05, 4.69) is 4.99 Å². The van der Waals surface area contributed by atoms with E-state index in [1.807, 2.05) is 18.2 Å². The second-order valence-corrected chi connectivity index (χ2v) is 3.28. The maximum atomic E-state index is 5.47. The van der Waals surface area contributed by atoms with E-state index in [-0.39, 0.29) is 5.96 Å². The van der Waals surface area contributed by atoms with Crippen LogP contribution < -0.4 is 16.2 Å². The van der Waals surface area contributed by atoms with Crippen LogP contribution in [-0.4, -0.2) is 12.6 Å². The minimum atomic E-state index is 0.0849. The predicted molar refractivity (Wildman–Crippen MR) is 55.7 cm³/mol. The van der Waals surface area contributed by atoms with E-state index >= 15 is 0 Å². The Balaban J connectivity index is 2.34. The molecule has 2 rings (SSSR count). The average molecular weight is 191 g/mol. The van der Waals surface area contributed by atoms with Crippen LogP contribution in [0.3, 0.4) is 0 Å². The van der Waals surface area contributed by atoms with Crippen molar-refractivity contribution in [3.05, 3.63) is 23.8 Å². The molecule has 0 fully saturated rings. The van der Waals surface area contributed by atoms with E-state index < -0.39 is 0 Å². The zero-order valence-electron chi connectivity index (χ0n) is 7.86. The summed E-state index contributed by atoms with van der Waals surface area (Å²) in [6.45, 7) is 0.800. The lowest BCUT2D eigenvalue weighted by atomic mass is 10.1. The van der Waals surface area contributed by atoms with Crippen LogP contribution in [0.25, 0.3) is 0 Å². The standard InChI is InChI=1S/C10H13N3O/c11-10(12)13-8-3-4-9-7(6-8)2-1-5-14-9/h3-4,6H,1-2,5H2,(H4,11,12,13). The summed E-state index contributed by atoms with van der Waals surface area (Å²) >= 11 is 0. The lowest BCUT2D eigenvalue weighted by molar-refractivity contribution is 0.288. The third-order valence-corrected chi connectivity index (χ3v) is 2.15. The van der Waals surface area contributed by atoms with Crippen molar-refractivity contribution in [3.8, 4) is 5.75 Å². The van der Waals surface area contributed by atoms with Gasteiger partial charge in [0.15, 0.2) is 5.96 Å². The molecule has 0 aliphatic carbocycles. The Kier molecular flexibility index (Phi) is 2.26. The van der Waals surface area contributed by atoms with Crippen LogP contribution in [0.4, 0.5) is 5.69 Å². The number of hydrogen-bond donors (Lipinski definition) is 2. The topological polar surface area (TPSA) is 73.6 Å². The molecule has 0 unspecified atom stereocenters. The first-order chi connectivity index (χ1) is 6.75. The second kappa shape index (κ2) is 3.57. The molecule has 1 aromatic carbocycles. The molecular weight excluding hydrogens is 178 g/mol. The Hall–Kier alpha value is -1.71. The van der Waals surface area contributed by atoms with E-state index in [4.69, 9.17) is 16.2 Å². The third-order valence-electron chi connectivity index (χ3n) is 2.15. The molecule has 1 aliphatic rings. The van der Waals surface area contributed by atoms with Gasteiger partial charge in [-0.2, -0.15) is 0 Å². The zero-order valence-corrected chi connectivity index (χ0v) is 7.86. The number of nitrogens with zero attached hydrogens (tertiary/aromatic N) is 1. The van der Waals surface area contributed by atoms with Crippen LogP contribution in [0.5, 0.6) is 5.75 Å². The number of rotatable bonds is 1. The summed E-state index contributed by atoms with van der Waals surface area (Å²) < 4.78 is 5.47. The maximum absolute atomic E-state index is 5.47. The quantitative estimate of drug-likeness (QED) is 0.512. The number of hydrogen-bond acceptors (Lipinski definition) is 2. The van der Waals surface area contributed by atoms with Crippen molar-refractivity contribution in [1.82, 2.24) is 0 Å². The van der Waals surface area contributed by atoms with Crippen LogP contribution in [-0.2, 0) is 6.42 Å². The van der Waals surface area contributed by atoms with Crippen LogP contribution in [0.15, 0.2) is 23.2 Å². The van der Waals surface area contributed by atoms with Gasteiger partial charge < -0.3 is 16.2 Å². The molecule has 4 nitrogen and oxygen atoms in total. The molecule has 0 saturated carbocycles. The molecule has 14 heavy (non-hydrogen) atoms. The van der Waals surface area contributed by atoms with Crippen LogP contribution in [0, 0.1) is 0 Å². The highest BCUT2D eigenvalue weighted by molar-refractivity contribution is 5.79. The molecule has 4 heteroatoms. The molecule has 0 bridgehead atoms. The van der Waals surface area contributed by atoms with Crippen molar-refractivity contribution in [2.75, 3.05) is 6.61 Å². The number of nitrogens with two attached hydrogens (primary N) is 2. The van der Waals surface area contributed by atoms with Gasteiger partial charge in [-0.15, -0.1) is 0 Å². The van der Waals surface area contributed by atoms with Crippen molar-refractivity contribution >= 4 is 11.6 Å². The number of benzene rings is 1. The van der Waals surface area contributed by atoms with Gasteiger partial charge >= 0.3 is 0 Å². The SMILES string of the molecule is NC(N)=Nc1ccc2c(c1)CCCO2. The normalized spacial score (nSPS) is 14.0. The Morgan fingerprint density at radius 1 is 1.36 bits per heavy atom. The first-order valence-electron chi connectivity index (χ1n) is 4.61. The second-order valence-electron chi connectivity index (χ2n) is 3.28. The summed E-state index contributed by atoms with van der Waals surface area (Å²) in [4.78, 5) is 3.98. The van der Waals surface area contributed by atoms with Gasteiger partial charge in [0.2, 0.25) is 0 Å². The van der Waals surface area contributed by atoms with Gasteiger partial charge in [0.25, 0.3) is 0 Å². The van der Waals surface area contributed by atoms with Crippen LogP contribution >= 0.6 is 0 Å². The number of aryl methyl sites for hydroxylation is 1.